The average Bonchev–Trinajstić information content (AvgIpc) is 2.99. The Morgan fingerprint density at radius 1 is 1.00 bits per heavy atom. The van der Waals surface area contributed by atoms with E-state index in [9.17, 15) is 14.4 Å². The molecule has 0 radical (unpaired) electrons. The van der Waals surface area contributed by atoms with Crippen molar-refractivity contribution in [2.75, 3.05) is 4.90 Å². The number of carbonyl (C=O) groups is 3. The number of ketones is 1. The summed E-state index contributed by atoms with van der Waals surface area (Å²) in [6.45, 7) is 3.67. The molecule has 3 atom stereocenters. The Hall–Kier alpha value is -2.95. The first kappa shape index (κ1) is 19.4. The maximum absolute atomic E-state index is 12.8. The van der Waals surface area contributed by atoms with Gasteiger partial charge < -0.3 is 4.74 Å². The lowest BCUT2D eigenvalue weighted by atomic mass is 9.81. The highest BCUT2D eigenvalue weighted by molar-refractivity contribution is 6.22. The fourth-order valence-corrected chi connectivity index (χ4v) is 4.32. The molecular formula is C24H25NO4. The fourth-order valence-electron chi connectivity index (χ4n) is 4.32. The van der Waals surface area contributed by atoms with Crippen molar-refractivity contribution in [1.82, 2.24) is 0 Å². The Morgan fingerprint density at radius 2 is 1.62 bits per heavy atom. The van der Waals surface area contributed by atoms with E-state index in [0.717, 1.165) is 31.2 Å². The minimum Gasteiger partial charge on any atom is -0.482 e. The van der Waals surface area contributed by atoms with E-state index >= 15 is 0 Å². The zero-order valence-electron chi connectivity index (χ0n) is 16.8. The van der Waals surface area contributed by atoms with Crippen LogP contribution < -0.4 is 9.64 Å². The second kappa shape index (κ2) is 7.82. The van der Waals surface area contributed by atoms with Crippen molar-refractivity contribution in [3.63, 3.8) is 0 Å². The topological polar surface area (TPSA) is 63.7 Å². The lowest BCUT2D eigenvalue weighted by molar-refractivity contribution is -0.122. The molecule has 150 valence electrons. The first-order chi connectivity index (χ1) is 14.0. The smallest absolute Gasteiger partial charge is 0.237 e. The van der Waals surface area contributed by atoms with Crippen LogP contribution in [0.4, 0.5) is 5.69 Å². The minimum absolute atomic E-state index is 0.111. The van der Waals surface area contributed by atoms with Crippen LogP contribution in [0.25, 0.3) is 0 Å². The number of nitrogens with zero attached hydrogens (tertiary/aromatic N) is 1. The van der Waals surface area contributed by atoms with Crippen molar-refractivity contribution >= 4 is 23.3 Å². The van der Waals surface area contributed by atoms with Gasteiger partial charge in [0.15, 0.2) is 6.10 Å². The molecule has 1 aliphatic heterocycles. The summed E-state index contributed by atoms with van der Waals surface area (Å²) in [5.74, 6) is -0.257. The van der Waals surface area contributed by atoms with E-state index < -0.39 is 6.10 Å². The molecule has 2 aromatic rings. The maximum atomic E-state index is 12.8. The Kier molecular flexibility index (Phi) is 5.22. The zero-order valence-corrected chi connectivity index (χ0v) is 16.8. The number of amides is 2. The highest BCUT2D eigenvalue weighted by atomic mass is 16.5. The molecule has 0 aromatic heterocycles. The molecule has 2 fully saturated rings. The van der Waals surface area contributed by atoms with Gasteiger partial charge >= 0.3 is 0 Å². The largest absolute Gasteiger partial charge is 0.482 e. The van der Waals surface area contributed by atoms with Crippen LogP contribution in [-0.2, 0) is 9.59 Å². The third kappa shape index (κ3) is 3.69. The number of benzene rings is 2. The average molecular weight is 391 g/mol. The van der Waals surface area contributed by atoms with Crippen molar-refractivity contribution in [3.05, 3.63) is 59.7 Å². The van der Waals surface area contributed by atoms with Crippen LogP contribution in [0.5, 0.6) is 5.75 Å². The van der Waals surface area contributed by atoms with Crippen LogP contribution in [0.2, 0.25) is 0 Å². The number of Topliss-reactive ketones (excluding diaryl/α,β-unsaturated/α-hetero) is 1. The molecule has 3 unspecified atom stereocenters. The molecule has 2 aliphatic rings. The minimum atomic E-state index is -0.680. The van der Waals surface area contributed by atoms with Crippen LogP contribution in [0.3, 0.4) is 0 Å². The van der Waals surface area contributed by atoms with Gasteiger partial charge in [0.05, 0.1) is 17.5 Å². The van der Waals surface area contributed by atoms with Gasteiger partial charge in [0, 0.05) is 11.6 Å². The fraction of sp³-hybridized carbons (Fsp3) is 0.375. The first-order valence-electron chi connectivity index (χ1n) is 10.2. The summed E-state index contributed by atoms with van der Waals surface area (Å²) in [5, 5.41) is 0. The Bertz CT molecular complexity index is 926. The van der Waals surface area contributed by atoms with Crippen LogP contribution in [0.1, 0.15) is 48.5 Å². The van der Waals surface area contributed by atoms with Crippen LogP contribution in [0, 0.1) is 18.8 Å². The summed E-state index contributed by atoms with van der Waals surface area (Å²) in [7, 11) is 0. The molecular weight excluding hydrogens is 366 g/mol. The number of rotatable bonds is 5. The summed E-state index contributed by atoms with van der Waals surface area (Å²) >= 11 is 0. The van der Waals surface area contributed by atoms with Crippen LogP contribution >= 0.6 is 0 Å². The van der Waals surface area contributed by atoms with Gasteiger partial charge in [0.1, 0.15) is 5.75 Å². The zero-order chi connectivity index (χ0) is 20.5. The Labute approximate surface area is 170 Å². The molecule has 29 heavy (non-hydrogen) atoms. The SMILES string of the molecule is Cc1ccc(C(=O)C(C)Oc2cccc(N3C(=O)C4CCCCC4C3=O)c2)cc1. The number of fused-ring (bicyclic) bond motifs is 1. The third-order valence-electron chi connectivity index (χ3n) is 5.94. The molecule has 5 heteroatoms. The van der Waals surface area contributed by atoms with E-state index in [1.54, 1.807) is 43.3 Å². The quantitative estimate of drug-likeness (QED) is 0.562. The predicted molar refractivity (Wildman–Crippen MR) is 110 cm³/mol. The second-order valence-electron chi connectivity index (χ2n) is 8.00. The molecule has 5 nitrogen and oxygen atoms in total. The molecule has 1 heterocycles. The number of imide groups is 1. The van der Waals surface area contributed by atoms with Gasteiger partial charge in [-0.15, -0.1) is 0 Å². The monoisotopic (exact) mass is 391 g/mol. The maximum Gasteiger partial charge on any atom is 0.237 e. The van der Waals surface area contributed by atoms with Gasteiger partial charge in [0.25, 0.3) is 0 Å². The highest BCUT2D eigenvalue weighted by Gasteiger charge is 2.48. The van der Waals surface area contributed by atoms with Crippen molar-refractivity contribution in [2.24, 2.45) is 11.8 Å². The lowest BCUT2D eigenvalue weighted by Gasteiger charge is -2.19. The van der Waals surface area contributed by atoms with Crippen LogP contribution in [-0.4, -0.2) is 23.7 Å². The Morgan fingerprint density at radius 3 is 2.24 bits per heavy atom. The first-order valence-corrected chi connectivity index (χ1v) is 10.2. The van der Waals surface area contributed by atoms with Crippen molar-refractivity contribution in [1.29, 1.82) is 0 Å². The summed E-state index contributed by atoms with van der Waals surface area (Å²) < 4.78 is 5.85. The van der Waals surface area contributed by atoms with Crippen LogP contribution in [0.15, 0.2) is 48.5 Å². The van der Waals surface area contributed by atoms with Gasteiger partial charge in [-0.1, -0.05) is 48.7 Å². The van der Waals surface area contributed by atoms with Gasteiger partial charge in [-0.05, 0) is 38.8 Å². The Balaban J connectivity index is 1.51. The van der Waals surface area contributed by atoms with E-state index in [-0.39, 0.29) is 29.4 Å². The van der Waals surface area contributed by atoms with Crippen molar-refractivity contribution < 1.29 is 19.1 Å². The normalized spacial score (nSPS) is 22.3. The molecule has 0 spiro atoms. The summed E-state index contributed by atoms with van der Waals surface area (Å²) in [6, 6.07) is 14.3. The number of ether oxygens (including phenoxy) is 1. The molecule has 2 aromatic carbocycles. The summed E-state index contributed by atoms with van der Waals surface area (Å²) in [5.41, 5.74) is 2.19. The molecule has 2 amide bonds. The number of hydrogen-bond acceptors (Lipinski definition) is 4. The van der Waals surface area contributed by atoms with E-state index in [4.69, 9.17) is 4.74 Å². The third-order valence-corrected chi connectivity index (χ3v) is 5.94. The van der Waals surface area contributed by atoms with Crippen molar-refractivity contribution in [3.8, 4) is 5.75 Å². The lowest BCUT2D eigenvalue weighted by Crippen LogP contribution is -2.31. The molecule has 1 saturated carbocycles. The number of anilines is 1. The van der Waals surface area contributed by atoms with E-state index in [2.05, 4.69) is 0 Å². The molecule has 1 saturated heterocycles. The van der Waals surface area contributed by atoms with E-state index in [1.165, 1.54) is 4.90 Å². The predicted octanol–water partition coefficient (Wildman–Crippen LogP) is 4.32. The number of aryl methyl sites for hydroxylation is 1. The van der Waals surface area contributed by atoms with E-state index in [0.29, 0.717) is 17.0 Å². The van der Waals surface area contributed by atoms with Gasteiger partial charge in [-0.25, -0.2) is 4.90 Å². The van der Waals surface area contributed by atoms with Gasteiger partial charge in [-0.3, -0.25) is 14.4 Å². The number of carbonyl (C=O) groups excluding carboxylic acids is 3. The highest BCUT2D eigenvalue weighted by Crippen LogP contribution is 2.40. The van der Waals surface area contributed by atoms with Gasteiger partial charge in [0.2, 0.25) is 17.6 Å². The van der Waals surface area contributed by atoms with E-state index in [1.807, 2.05) is 19.1 Å². The summed E-state index contributed by atoms with van der Waals surface area (Å²) in [6.07, 6.45) is 2.88. The second-order valence-corrected chi connectivity index (χ2v) is 8.00. The molecule has 0 N–H and O–H groups in total. The summed E-state index contributed by atoms with van der Waals surface area (Å²) in [4.78, 5) is 39.6. The van der Waals surface area contributed by atoms with Crippen molar-refractivity contribution in [2.45, 2.75) is 45.6 Å². The number of hydrogen-bond donors (Lipinski definition) is 0. The van der Waals surface area contributed by atoms with Gasteiger partial charge in [-0.2, -0.15) is 0 Å². The standard InChI is InChI=1S/C24H25NO4/c1-15-10-12-17(13-11-15)22(26)16(2)29-19-7-5-6-18(14-19)25-23(27)20-8-3-4-9-21(20)24(25)28/h5-7,10-14,16,20-21H,3-4,8-9H2,1-2H3. The molecule has 4 rings (SSSR count). The molecule has 0 bridgehead atoms. The molecule has 1 aliphatic carbocycles.